The summed E-state index contributed by atoms with van der Waals surface area (Å²) >= 11 is 0. The third kappa shape index (κ3) is 6.25. The number of rotatable bonds is 0. The van der Waals surface area contributed by atoms with Crippen molar-refractivity contribution in [2.24, 2.45) is 0 Å². The Morgan fingerprint density at radius 1 is 0.290 bits per heavy atom. The van der Waals surface area contributed by atoms with Crippen LogP contribution in [0.2, 0.25) is 0 Å². The van der Waals surface area contributed by atoms with E-state index >= 15 is 0 Å². The first-order valence-electron chi connectivity index (χ1n) is 11.2. The molecule has 0 aliphatic rings. The Morgan fingerprint density at radius 2 is 0.387 bits per heavy atom. The van der Waals surface area contributed by atoms with Gasteiger partial charge < -0.3 is 0 Å². The van der Waals surface area contributed by atoms with Crippen LogP contribution in [0.15, 0.2) is 0 Å². The van der Waals surface area contributed by atoms with Crippen molar-refractivity contribution in [2.75, 3.05) is 0 Å². The van der Waals surface area contributed by atoms with Crippen molar-refractivity contribution in [3.63, 3.8) is 0 Å². The van der Waals surface area contributed by atoms with E-state index in [1.807, 2.05) is 0 Å². The quantitative estimate of drug-likeness (QED) is 0.243. The Labute approximate surface area is 226 Å². The van der Waals surface area contributed by atoms with Gasteiger partial charge in [-0.05, 0) is 0 Å². The van der Waals surface area contributed by atoms with Gasteiger partial charge in [0.25, 0.3) is 0 Å². The van der Waals surface area contributed by atoms with E-state index in [0.717, 1.165) is 0 Å². The van der Waals surface area contributed by atoms with E-state index in [2.05, 4.69) is 104 Å². The molecular weight excluding hydrogens is 511 g/mol. The third-order valence-corrected chi connectivity index (χ3v) is 8.44. The Bertz CT molecular complexity index is 654. The van der Waals surface area contributed by atoms with E-state index in [4.69, 9.17) is 0 Å². The van der Waals surface area contributed by atoms with Crippen LogP contribution in [-0.2, 0) is 0 Å². The first kappa shape index (κ1) is 30.4. The Kier molecular flexibility index (Phi) is 11.8. The van der Waals surface area contributed by atoms with Gasteiger partial charge in [-0.2, -0.15) is 83.5 Å². The molecule has 0 fully saturated rings. The minimum atomic E-state index is 0. The Morgan fingerprint density at radius 3 is 0.419 bits per heavy atom. The zero-order valence-electron chi connectivity index (χ0n) is 22.9. The second-order valence-electron chi connectivity index (χ2n) is 9.38. The van der Waals surface area contributed by atoms with Gasteiger partial charge in [-0.1, -0.05) is 104 Å². The van der Waals surface area contributed by atoms with Crippen molar-refractivity contribution in [3.05, 3.63) is 83.5 Å². The van der Waals surface area contributed by atoms with Crippen LogP contribution in [0.5, 0.6) is 0 Å². The fourth-order valence-electron chi connectivity index (χ4n) is 4.22. The first-order chi connectivity index (χ1) is 13.7. The maximum Gasteiger partial charge on any atom is 3.00 e. The van der Waals surface area contributed by atoms with Crippen LogP contribution in [-0.4, -0.2) is 0 Å². The van der Waals surface area contributed by atoms with Crippen molar-refractivity contribution in [2.45, 2.75) is 104 Å². The molecule has 1 radical (unpaired) electrons. The summed E-state index contributed by atoms with van der Waals surface area (Å²) in [7, 11) is 0. The molecule has 0 saturated carbocycles. The van der Waals surface area contributed by atoms with Crippen molar-refractivity contribution in [1.82, 2.24) is 0 Å². The molecule has 0 atom stereocenters. The molecule has 171 valence electrons. The SMILES string of the molecule is Cc1c(C)c(C)[c-](C)c1C.Cc1c(C)c(C)[c-](C)c1C.Cc1c(C)c(C)[c-](C)c1C.[Sm+3]. The van der Waals surface area contributed by atoms with Crippen LogP contribution in [0.25, 0.3) is 0 Å². The Balaban J connectivity index is 0.000000429. The average Bonchev–Trinajstić information content (AvgIpc) is 3.09. The molecule has 0 aliphatic heterocycles. The third-order valence-electron chi connectivity index (χ3n) is 8.44. The molecule has 0 spiro atoms. The van der Waals surface area contributed by atoms with E-state index in [1.54, 1.807) is 0 Å². The van der Waals surface area contributed by atoms with Crippen LogP contribution >= 0.6 is 0 Å². The van der Waals surface area contributed by atoms with Gasteiger partial charge >= 0.3 is 40.4 Å². The molecule has 0 heterocycles. The molecule has 0 bridgehead atoms. The van der Waals surface area contributed by atoms with Crippen LogP contribution < -0.4 is 0 Å². The van der Waals surface area contributed by atoms with Gasteiger partial charge in [-0.3, -0.25) is 0 Å². The molecular formula is C30H45Sm. The minimum Gasteiger partial charge on any atom is -0.196 e. The predicted molar refractivity (Wildman–Crippen MR) is 137 cm³/mol. The topological polar surface area (TPSA) is 0 Å². The molecule has 3 aromatic carbocycles. The van der Waals surface area contributed by atoms with Gasteiger partial charge in [-0.15, -0.1) is 0 Å². The van der Waals surface area contributed by atoms with E-state index in [1.165, 1.54) is 83.5 Å². The molecule has 0 saturated heterocycles. The molecule has 3 aromatic rings. The second-order valence-corrected chi connectivity index (χ2v) is 9.38. The summed E-state index contributed by atoms with van der Waals surface area (Å²) in [6.07, 6.45) is 0. The monoisotopic (exact) mass is 557 g/mol. The van der Waals surface area contributed by atoms with Gasteiger partial charge in [-0.25, -0.2) is 0 Å². The normalized spacial score (nSPS) is 10.2. The van der Waals surface area contributed by atoms with Gasteiger partial charge in [0.1, 0.15) is 0 Å². The van der Waals surface area contributed by atoms with Crippen molar-refractivity contribution >= 4 is 0 Å². The van der Waals surface area contributed by atoms with Gasteiger partial charge in [0.2, 0.25) is 0 Å². The standard InChI is InChI=1S/3C10H15.Sm/c3*1-6-7(2)9(4)10(5)8(6)3;/h3*1-5H3;/q3*-1;+3. The largest absolute Gasteiger partial charge is 3.00 e. The van der Waals surface area contributed by atoms with E-state index in [9.17, 15) is 0 Å². The second kappa shape index (κ2) is 12.0. The van der Waals surface area contributed by atoms with Crippen LogP contribution in [0.1, 0.15) is 83.5 Å². The zero-order valence-corrected chi connectivity index (χ0v) is 25.5. The summed E-state index contributed by atoms with van der Waals surface area (Å²) < 4.78 is 0. The molecule has 3 rings (SSSR count). The number of hydrogen-bond acceptors (Lipinski definition) is 0. The minimum absolute atomic E-state index is 0. The summed E-state index contributed by atoms with van der Waals surface area (Å²) in [6, 6.07) is 0. The summed E-state index contributed by atoms with van der Waals surface area (Å²) in [5, 5.41) is 0. The fourth-order valence-corrected chi connectivity index (χ4v) is 4.22. The van der Waals surface area contributed by atoms with E-state index in [-0.39, 0.29) is 40.4 Å². The maximum atomic E-state index is 2.20. The van der Waals surface area contributed by atoms with Gasteiger partial charge in [0.15, 0.2) is 0 Å². The molecule has 0 nitrogen and oxygen atoms in total. The predicted octanol–water partition coefficient (Wildman–Crippen LogP) is 8.84. The van der Waals surface area contributed by atoms with E-state index < -0.39 is 0 Å². The van der Waals surface area contributed by atoms with Crippen LogP contribution in [0.4, 0.5) is 0 Å². The van der Waals surface area contributed by atoms with Gasteiger partial charge in [0, 0.05) is 0 Å². The average molecular weight is 556 g/mol. The van der Waals surface area contributed by atoms with E-state index in [0.29, 0.717) is 0 Å². The zero-order chi connectivity index (χ0) is 23.7. The molecule has 1 heteroatoms. The molecule has 0 aromatic heterocycles. The summed E-state index contributed by atoms with van der Waals surface area (Å²) in [5.74, 6) is 0. The molecule has 0 aliphatic carbocycles. The summed E-state index contributed by atoms with van der Waals surface area (Å²) in [5.41, 5.74) is 22.0. The van der Waals surface area contributed by atoms with Crippen molar-refractivity contribution in [1.29, 1.82) is 0 Å². The first-order valence-corrected chi connectivity index (χ1v) is 11.2. The Hall–Kier alpha value is -0.612. The molecule has 0 amide bonds. The number of hydrogen-bond donors (Lipinski definition) is 0. The fraction of sp³-hybridized carbons (Fsp3) is 0.500. The van der Waals surface area contributed by atoms with Crippen LogP contribution in [0, 0.1) is 144 Å². The molecule has 0 N–H and O–H groups in total. The molecule has 0 unspecified atom stereocenters. The van der Waals surface area contributed by atoms with Crippen molar-refractivity contribution < 1.29 is 40.4 Å². The maximum absolute atomic E-state index is 2.20. The van der Waals surface area contributed by atoms with Crippen LogP contribution in [0.3, 0.4) is 0 Å². The van der Waals surface area contributed by atoms with Gasteiger partial charge in [0.05, 0.1) is 0 Å². The summed E-state index contributed by atoms with van der Waals surface area (Å²) in [4.78, 5) is 0. The molecule has 31 heavy (non-hydrogen) atoms. The van der Waals surface area contributed by atoms with Crippen molar-refractivity contribution in [3.8, 4) is 0 Å². The smallest absolute Gasteiger partial charge is 0.196 e. The summed E-state index contributed by atoms with van der Waals surface area (Å²) in [6.45, 7) is 33.0.